The minimum atomic E-state index is -0.795. The number of thiazole rings is 1. The standard InChI is InChI=1S/C26H23N3O5S/c1-4-34-26(31)22-21(16-7-11-18(33-3)12-8-16)19(14-27)23(28)29-24(30)20(35-25(22)29)13-15-5-9-17(32-2)10-6-15/h5-13,21H,4,28H2,1-3H3/b20-13-/t21-/m0/s1. The van der Waals surface area contributed by atoms with E-state index in [0.717, 1.165) is 16.9 Å². The van der Waals surface area contributed by atoms with Crippen LogP contribution in [0.15, 0.2) is 58.9 Å². The molecular weight excluding hydrogens is 466 g/mol. The Balaban J connectivity index is 2.03. The summed E-state index contributed by atoms with van der Waals surface area (Å²) >= 11 is 1.13. The van der Waals surface area contributed by atoms with Gasteiger partial charge in [-0.15, -0.1) is 11.3 Å². The zero-order chi connectivity index (χ0) is 25.1. The summed E-state index contributed by atoms with van der Waals surface area (Å²) in [6.07, 6.45) is 1.71. The number of nitriles is 1. The van der Waals surface area contributed by atoms with E-state index in [4.69, 9.17) is 19.9 Å². The fourth-order valence-corrected chi connectivity index (χ4v) is 5.10. The molecule has 1 aromatic heterocycles. The summed E-state index contributed by atoms with van der Waals surface area (Å²) in [7, 11) is 3.13. The van der Waals surface area contributed by atoms with Crippen LogP contribution in [0.5, 0.6) is 11.5 Å². The van der Waals surface area contributed by atoms with Crippen molar-refractivity contribution in [2.24, 2.45) is 5.73 Å². The predicted molar refractivity (Wildman–Crippen MR) is 133 cm³/mol. The third-order valence-corrected chi connectivity index (χ3v) is 6.73. The maximum absolute atomic E-state index is 13.4. The van der Waals surface area contributed by atoms with Crippen molar-refractivity contribution in [2.45, 2.75) is 12.8 Å². The third-order valence-electron chi connectivity index (χ3n) is 5.63. The number of fused-ring (bicyclic) bond motifs is 1. The van der Waals surface area contributed by atoms with Crippen molar-refractivity contribution in [2.75, 3.05) is 20.8 Å². The van der Waals surface area contributed by atoms with Crippen molar-refractivity contribution in [1.82, 2.24) is 4.57 Å². The van der Waals surface area contributed by atoms with Crippen molar-refractivity contribution in [1.29, 1.82) is 5.26 Å². The molecule has 0 saturated carbocycles. The summed E-state index contributed by atoms with van der Waals surface area (Å²) in [5.74, 6) is -0.0963. The largest absolute Gasteiger partial charge is 0.497 e. The van der Waals surface area contributed by atoms with E-state index in [1.807, 2.05) is 12.1 Å². The molecule has 2 aromatic carbocycles. The Bertz CT molecular complexity index is 1520. The molecule has 0 saturated heterocycles. The summed E-state index contributed by atoms with van der Waals surface area (Å²) in [5, 5.41) is 10.0. The van der Waals surface area contributed by atoms with Crippen LogP contribution in [0.25, 0.3) is 17.5 Å². The van der Waals surface area contributed by atoms with E-state index in [0.29, 0.717) is 26.3 Å². The highest BCUT2D eigenvalue weighted by atomic mass is 32.1. The van der Waals surface area contributed by atoms with E-state index >= 15 is 0 Å². The average molecular weight is 490 g/mol. The molecule has 0 spiro atoms. The van der Waals surface area contributed by atoms with Gasteiger partial charge in [0, 0.05) is 0 Å². The van der Waals surface area contributed by atoms with E-state index < -0.39 is 17.4 Å². The first-order valence-corrected chi connectivity index (χ1v) is 11.6. The number of nitrogens with two attached hydrogens (primary N) is 1. The quantitative estimate of drug-likeness (QED) is 0.526. The molecule has 9 heteroatoms. The number of ether oxygens (including phenoxy) is 3. The molecule has 35 heavy (non-hydrogen) atoms. The number of carbonyl (C=O) groups excluding carboxylic acids is 1. The number of carbonyl (C=O) groups is 1. The Morgan fingerprint density at radius 3 is 2.26 bits per heavy atom. The smallest absolute Gasteiger partial charge is 0.338 e. The number of aromatic nitrogens is 1. The number of methoxy groups -OCH3 is 2. The van der Waals surface area contributed by atoms with Crippen LogP contribution in [0.3, 0.4) is 0 Å². The normalized spacial score (nSPS) is 15.4. The van der Waals surface area contributed by atoms with Gasteiger partial charge >= 0.3 is 5.97 Å². The summed E-state index contributed by atoms with van der Waals surface area (Å²) in [4.78, 5) is 26.6. The number of allylic oxidation sites excluding steroid dienone is 1. The Morgan fingerprint density at radius 1 is 1.11 bits per heavy atom. The minimum absolute atomic E-state index is 0.00741. The molecule has 2 N–H and O–H groups in total. The van der Waals surface area contributed by atoms with Crippen molar-refractivity contribution in [3.63, 3.8) is 0 Å². The van der Waals surface area contributed by atoms with Crippen LogP contribution in [0.4, 0.5) is 0 Å². The number of hydrogen-bond donors (Lipinski definition) is 1. The lowest BCUT2D eigenvalue weighted by Gasteiger charge is -2.24. The highest BCUT2D eigenvalue weighted by molar-refractivity contribution is 7.07. The zero-order valence-electron chi connectivity index (χ0n) is 19.4. The van der Waals surface area contributed by atoms with Crippen LogP contribution >= 0.6 is 11.3 Å². The van der Waals surface area contributed by atoms with Gasteiger partial charge in [-0.2, -0.15) is 5.26 Å². The van der Waals surface area contributed by atoms with Gasteiger partial charge in [0.15, 0.2) is 0 Å². The first kappa shape index (κ1) is 23.9. The van der Waals surface area contributed by atoms with Gasteiger partial charge in [0.05, 0.1) is 48.5 Å². The number of nitrogens with zero attached hydrogens (tertiary/aromatic N) is 2. The molecule has 3 aromatic rings. The minimum Gasteiger partial charge on any atom is -0.497 e. The second kappa shape index (κ2) is 9.91. The Hall–Kier alpha value is -4.29. The SMILES string of the molecule is CCOC(=O)C1=c2s/c(=C\c3ccc(OC)cc3)c(=O)n2C(N)=C(C#N)[C@@H]1c1ccc(OC)cc1. The molecule has 178 valence electrons. The van der Waals surface area contributed by atoms with E-state index in [1.165, 1.54) is 4.57 Å². The van der Waals surface area contributed by atoms with Gasteiger partial charge in [0.2, 0.25) is 0 Å². The lowest BCUT2D eigenvalue weighted by molar-refractivity contribution is -0.136. The highest BCUT2D eigenvalue weighted by Gasteiger charge is 2.36. The van der Waals surface area contributed by atoms with Gasteiger partial charge in [-0.25, -0.2) is 4.79 Å². The average Bonchev–Trinajstić information content (AvgIpc) is 3.20. The molecular formula is C26H23N3O5S. The lowest BCUT2D eigenvalue weighted by atomic mass is 9.84. The van der Waals surface area contributed by atoms with Crippen molar-refractivity contribution in [3.8, 4) is 17.6 Å². The molecule has 0 radical (unpaired) electrons. The molecule has 2 heterocycles. The van der Waals surface area contributed by atoms with E-state index in [2.05, 4.69) is 6.07 Å². The van der Waals surface area contributed by atoms with Crippen molar-refractivity contribution >= 4 is 34.8 Å². The van der Waals surface area contributed by atoms with Gasteiger partial charge in [-0.3, -0.25) is 9.36 Å². The van der Waals surface area contributed by atoms with Gasteiger partial charge in [-0.1, -0.05) is 24.3 Å². The molecule has 1 atom stereocenters. The van der Waals surface area contributed by atoms with Crippen LogP contribution in [0, 0.1) is 11.3 Å². The molecule has 1 aliphatic rings. The van der Waals surface area contributed by atoms with Crippen LogP contribution < -0.4 is 30.0 Å². The van der Waals surface area contributed by atoms with Crippen LogP contribution in [0.2, 0.25) is 0 Å². The predicted octanol–water partition coefficient (Wildman–Crippen LogP) is 1.92. The number of benzene rings is 2. The molecule has 1 aliphatic heterocycles. The summed E-state index contributed by atoms with van der Waals surface area (Å²) in [6.45, 7) is 1.84. The second-order valence-corrected chi connectivity index (χ2v) is 8.61. The molecule has 4 rings (SSSR count). The zero-order valence-corrected chi connectivity index (χ0v) is 20.2. The topological polar surface area (TPSA) is 117 Å². The molecule has 0 bridgehead atoms. The second-order valence-electron chi connectivity index (χ2n) is 7.58. The Morgan fingerprint density at radius 2 is 1.71 bits per heavy atom. The maximum Gasteiger partial charge on any atom is 0.338 e. The molecule has 0 aliphatic carbocycles. The molecule has 0 unspecified atom stereocenters. The number of rotatable bonds is 6. The van der Waals surface area contributed by atoms with Crippen LogP contribution in [0.1, 0.15) is 24.0 Å². The first-order chi connectivity index (χ1) is 16.9. The van der Waals surface area contributed by atoms with Gasteiger partial charge in [0.25, 0.3) is 5.56 Å². The number of hydrogen-bond acceptors (Lipinski definition) is 8. The Labute approximate surface area is 205 Å². The summed E-state index contributed by atoms with van der Waals surface area (Å²) < 4.78 is 17.7. The van der Waals surface area contributed by atoms with E-state index in [-0.39, 0.29) is 23.6 Å². The summed E-state index contributed by atoms with van der Waals surface area (Å²) in [5.41, 5.74) is 7.68. The Kier molecular flexibility index (Phi) is 6.75. The fourth-order valence-electron chi connectivity index (χ4n) is 3.93. The summed E-state index contributed by atoms with van der Waals surface area (Å²) in [6, 6.07) is 16.3. The maximum atomic E-state index is 13.4. The van der Waals surface area contributed by atoms with Crippen LogP contribution in [-0.4, -0.2) is 31.4 Å². The van der Waals surface area contributed by atoms with Gasteiger partial charge in [-0.05, 0) is 48.4 Å². The lowest BCUT2D eigenvalue weighted by Crippen LogP contribution is -2.40. The first-order valence-electron chi connectivity index (χ1n) is 10.8. The van der Waals surface area contributed by atoms with Crippen LogP contribution in [-0.2, 0) is 9.53 Å². The highest BCUT2D eigenvalue weighted by Crippen LogP contribution is 2.37. The molecule has 8 nitrogen and oxygen atoms in total. The van der Waals surface area contributed by atoms with Crippen molar-refractivity contribution < 1.29 is 19.0 Å². The monoisotopic (exact) mass is 489 g/mol. The molecule has 0 amide bonds. The fraction of sp³-hybridized carbons (Fsp3) is 0.192. The third kappa shape index (κ3) is 4.32. The number of esters is 1. The van der Waals surface area contributed by atoms with E-state index in [9.17, 15) is 14.9 Å². The van der Waals surface area contributed by atoms with Gasteiger partial charge < -0.3 is 19.9 Å². The van der Waals surface area contributed by atoms with Crippen molar-refractivity contribution in [3.05, 3.63) is 84.8 Å². The molecule has 0 fully saturated rings. The van der Waals surface area contributed by atoms with E-state index in [1.54, 1.807) is 63.6 Å². The van der Waals surface area contributed by atoms with Gasteiger partial charge in [0.1, 0.15) is 22.0 Å².